The zero-order valence-electron chi connectivity index (χ0n) is 13.0. The van der Waals surface area contributed by atoms with Crippen LogP contribution >= 0.6 is 0 Å². The van der Waals surface area contributed by atoms with E-state index in [0.717, 1.165) is 0 Å². The molecule has 0 unspecified atom stereocenters. The quantitative estimate of drug-likeness (QED) is 0.559. The molecule has 0 aliphatic rings. The summed E-state index contributed by atoms with van der Waals surface area (Å²) in [6.07, 6.45) is -1.64. The number of benzene rings is 1. The van der Waals surface area contributed by atoms with E-state index in [0.29, 0.717) is 4.31 Å². The van der Waals surface area contributed by atoms with Crippen LogP contribution in [0.3, 0.4) is 0 Å². The van der Waals surface area contributed by atoms with Gasteiger partial charge in [-0.2, -0.15) is 4.98 Å². The van der Waals surface area contributed by atoms with Crippen molar-refractivity contribution in [2.45, 2.75) is 18.2 Å². The van der Waals surface area contributed by atoms with E-state index in [2.05, 4.69) is 10.1 Å². The van der Waals surface area contributed by atoms with Crippen molar-refractivity contribution >= 4 is 16.1 Å². The Morgan fingerprint density at radius 2 is 2.16 bits per heavy atom. The van der Waals surface area contributed by atoms with Gasteiger partial charge in [0.05, 0.1) is 11.3 Å². The van der Waals surface area contributed by atoms with Gasteiger partial charge in [-0.05, 0) is 19.1 Å². The van der Waals surface area contributed by atoms with Crippen LogP contribution in [0, 0.1) is 10.1 Å². The van der Waals surface area contributed by atoms with Gasteiger partial charge in [-0.15, -0.1) is 0 Å². The molecular weight excluding hydrogens is 356 g/mol. The lowest BCUT2D eigenvalue weighted by Crippen LogP contribution is -2.35. The summed E-state index contributed by atoms with van der Waals surface area (Å²) in [5, 5.41) is 23.0. The number of rotatable bonds is 7. The maximum atomic E-state index is 12.4. The van der Waals surface area contributed by atoms with E-state index >= 15 is 0 Å². The molecule has 25 heavy (non-hydrogen) atoms. The van der Waals surface area contributed by atoms with Crippen molar-refractivity contribution in [2.24, 2.45) is 0 Å². The standard InChI is InChI=1S/C13H14N4O7S/c1-2-16(13(18)19)25(22,23)10-5-3-4-9(8-10)12-14-11(24-15-12)6-7-17(20)21/h3-5,8H,2,6-7H2,1H3,(H,18,19). The van der Waals surface area contributed by atoms with Gasteiger partial charge in [0.2, 0.25) is 18.3 Å². The second-order valence-electron chi connectivity index (χ2n) is 4.80. The lowest BCUT2D eigenvalue weighted by atomic mass is 10.2. The van der Waals surface area contributed by atoms with Gasteiger partial charge in [0.25, 0.3) is 10.0 Å². The van der Waals surface area contributed by atoms with Gasteiger partial charge in [0.15, 0.2) is 0 Å². The molecule has 0 spiro atoms. The van der Waals surface area contributed by atoms with E-state index < -0.39 is 21.0 Å². The third-order valence-electron chi connectivity index (χ3n) is 3.16. The average Bonchev–Trinajstić information content (AvgIpc) is 3.02. The maximum absolute atomic E-state index is 12.4. The van der Waals surface area contributed by atoms with Crippen LogP contribution in [0.5, 0.6) is 0 Å². The topological polar surface area (TPSA) is 157 Å². The van der Waals surface area contributed by atoms with Gasteiger partial charge < -0.3 is 9.63 Å². The number of hydrogen-bond acceptors (Lipinski definition) is 8. The summed E-state index contributed by atoms with van der Waals surface area (Å²) >= 11 is 0. The van der Waals surface area contributed by atoms with Crippen LogP contribution in [-0.2, 0) is 16.4 Å². The van der Waals surface area contributed by atoms with Crippen LogP contribution in [-0.4, -0.2) is 52.1 Å². The summed E-state index contributed by atoms with van der Waals surface area (Å²) in [5.41, 5.74) is 0.276. The summed E-state index contributed by atoms with van der Waals surface area (Å²) in [6.45, 7) is 0.783. The molecule has 1 N–H and O–H groups in total. The summed E-state index contributed by atoms with van der Waals surface area (Å²) in [4.78, 5) is 24.6. The zero-order valence-corrected chi connectivity index (χ0v) is 13.8. The maximum Gasteiger partial charge on any atom is 0.421 e. The highest BCUT2D eigenvalue weighted by Gasteiger charge is 2.28. The van der Waals surface area contributed by atoms with Crippen molar-refractivity contribution in [3.63, 3.8) is 0 Å². The Balaban J connectivity index is 2.33. The molecule has 1 aromatic heterocycles. The highest BCUT2D eigenvalue weighted by molar-refractivity contribution is 7.89. The highest BCUT2D eigenvalue weighted by Crippen LogP contribution is 2.22. The first-order valence-corrected chi connectivity index (χ1v) is 8.50. The van der Waals surface area contributed by atoms with Crippen molar-refractivity contribution < 1.29 is 27.8 Å². The van der Waals surface area contributed by atoms with E-state index in [1.807, 2.05) is 0 Å². The molecule has 11 nitrogen and oxygen atoms in total. The van der Waals surface area contributed by atoms with Crippen molar-refractivity contribution in [2.75, 3.05) is 13.1 Å². The number of amides is 1. The molecular formula is C13H14N4O7S. The molecule has 12 heteroatoms. The summed E-state index contributed by atoms with van der Waals surface area (Å²) in [6, 6.07) is 5.38. The Labute approximate surface area is 142 Å². The first-order valence-electron chi connectivity index (χ1n) is 7.06. The molecule has 0 aliphatic carbocycles. The van der Waals surface area contributed by atoms with Gasteiger partial charge in [0.1, 0.15) is 0 Å². The smallest absolute Gasteiger partial charge is 0.421 e. The van der Waals surface area contributed by atoms with E-state index in [4.69, 9.17) is 9.63 Å². The monoisotopic (exact) mass is 370 g/mol. The van der Waals surface area contributed by atoms with E-state index in [1.54, 1.807) is 0 Å². The Kier molecular flexibility index (Phi) is 5.32. The minimum absolute atomic E-state index is 0.0423. The molecule has 0 aliphatic heterocycles. The lowest BCUT2D eigenvalue weighted by Gasteiger charge is -2.17. The molecule has 0 bridgehead atoms. The van der Waals surface area contributed by atoms with Crippen molar-refractivity contribution in [3.05, 3.63) is 40.3 Å². The number of carboxylic acid groups (broad SMARTS) is 1. The van der Waals surface area contributed by atoms with Crippen LogP contribution in [0.4, 0.5) is 4.79 Å². The Bertz CT molecular complexity index is 893. The van der Waals surface area contributed by atoms with Gasteiger partial charge in [-0.25, -0.2) is 17.5 Å². The number of hydrogen-bond donors (Lipinski definition) is 1. The van der Waals surface area contributed by atoms with Crippen molar-refractivity contribution in [3.8, 4) is 11.4 Å². The lowest BCUT2D eigenvalue weighted by molar-refractivity contribution is -0.479. The summed E-state index contributed by atoms with van der Waals surface area (Å²) in [7, 11) is -4.24. The largest absolute Gasteiger partial charge is 0.464 e. The van der Waals surface area contributed by atoms with Crippen molar-refractivity contribution in [1.82, 2.24) is 14.4 Å². The third-order valence-corrected chi connectivity index (χ3v) is 5.00. The van der Waals surface area contributed by atoms with Crippen LogP contribution in [0.15, 0.2) is 33.7 Å². The van der Waals surface area contributed by atoms with Crippen LogP contribution in [0.1, 0.15) is 12.8 Å². The molecule has 134 valence electrons. The summed E-state index contributed by atoms with van der Waals surface area (Å²) < 4.78 is 29.9. The van der Waals surface area contributed by atoms with E-state index in [1.165, 1.54) is 31.2 Å². The normalized spacial score (nSPS) is 11.2. The van der Waals surface area contributed by atoms with Crippen LogP contribution in [0.2, 0.25) is 0 Å². The van der Waals surface area contributed by atoms with Gasteiger partial charge in [-0.3, -0.25) is 10.1 Å². The van der Waals surface area contributed by atoms with E-state index in [9.17, 15) is 23.3 Å². The highest BCUT2D eigenvalue weighted by atomic mass is 32.2. The second-order valence-corrected chi connectivity index (χ2v) is 6.66. The Morgan fingerprint density at radius 3 is 2.76 bits per heavy atom. The average molecular weight is 370 g/mol. The van der Waals surface area contributed by atoms with Crippen LogP contribution in [0.25, 0.3) is 11.4 Å². The fraction of sp³-hybridized carbons (Fsp3) is 0.308. The first-order chi connectivity index (χ1) is 11.8. The number of nitro groups is 1. The molecule has 0 atom stereocenters. The number of aromatic nitrogens is 2. The molecule has 1 heterocycles. The Hall–Kier alpha value is -3.02. The third kappa shape index (κ3) is 4.09. The number of carbonyl (C=O) groups is 1. The Morgan fingerprint density at radius 1 is 1.44 bits per heavy atom. The molecule has 1 aromatic carbocycles. The predicted molar refractivity (Wildman–Crippen MR) is 82.9 cm³/mol. The number of nitrogens with zero attached hydrogens (tertiary/aromatic N) is 4. The molecule has 2 rings (SSSR count). The molecule has 0 saturated heterocycles. The zero-order chi connectivity index (χ0) is 18.6. The van der Waals surface area contributed by atoms with Crippen LogP contribution < -0.4 is 0 Å². The SMILES string of the molecule is CCN(C(=O)O)S(=O)(=O)c1cccc(-c2noc(CC[N+](=O)[O-])n2)c1. The van der Waals surface area contributed by atoms with E-state index in [-0.39, 0.29) is 41.7 Å². The number of sulfonamides is 1. The van der Waals surface area contributed by atoms with Gasteiger partial charge >= 0.3 is 6.09 Å². The minimum atomic E-state index is -4.24. The molecule has 0 saturated carbocycles. The summed E-state index contributed by atoms with van der Waals surface area (Å²) in [5.74, 6) is 0.0921. The fourth-order valence-electron chi connectivity index (χ4n) is 1.99. The molecule has 0 fully saturated rings. The van der Waals surface area contributed by atoms with Gasteiger partial charge in [0, 0.05) is 17.0 Å². The first kappa shape index (κ1) is 18.3. The fourth-order valence-corrected chi connectivity index (χ4v) is 3.32. The molecule has 1 amide bonds. The predicted octanol–water partition coefficient (Wildman–Crippen LogP) is 1.24. The molecule has 0 radical (unpaired) electrons. The van der Waals surface area contributed by atoms with Crippen molar-refractivity contribution in [1.29, 1.82) is 0 Å². The molecule has 2 aromatic rings. The van der Waals surface area contributed by atoms with Gasteiger partial charge in [-0.1, -0.05) is 17.3 Å². The minimum Gasteiger partial charge on any atom is -0.464 e. The second kappa shape index (κ2) is 7.25.